The predicted octanol–water partition coefficient (Wildman–Crippen LogP) is -4.58. The van der Waals surface area contributed by atoms with Gasteiger partial charge in [0.25, 0.3) is 0 Å². The molecule has 8 heavy (non-hydrogen) atoms. The summed E-state index contributed by atoms with van der Waals surface area (Å²) in [7, 11) is -1.00. The zero-order valence-corrected chi connectivity index (χ0v) is 7.68. The molecule has 0 aromatic rings. The molecule has 0 aliphatic heterocycles. The van der Waals surface area contributed by atoms with Gasteiger partial charge in [0.15, 0.2) is 0 Å². The van der Waals surface area contributed by atoms with Gasteiger partial charge in [-0.15, -0.1) is 0 Å². The van der Waals surface area contributed by atoms with Crippen molar-refractivity contribution in [2.24, 2.45) is 0 Å². The van der Waals surface area contributed by atoms with Crippen LogP contribution in [0.25, 0.3) is 0 Å². The summed E-state index contributed by atoms with van der Waals surface area (Å²) in [5.41, 5.74) is 0. The third kappa shape index (κ3) is 3760. The Kier molecular flexibility index (Phi) is 171. The first-order chi connectivity index (χ1) is 2.83. The van der Waals surface area contributed by atoms with Crippen molar-refractivity contribution in [1.82, 2.24) is 0 Å². The second-order valence-electron chi connectivity index (χ2n) is 0.192. The van der Waals surface area contributed by atoms with Crippen molar-refractivity contribution < 1.29 is 24.9 Å². The Morgan fingerprint density at radius 2 is 1.00 bits per heavy atom. The van der Waals surface area contributed by atoms with E-state index in [1.165, 1.54) is 0 Å². The van der Waals surface area contributed by atoms with E-state index in [-0.39, 0.29) is 32.8 Å². The SMILES string of the molecule is O.O=B[O-].O=B[O-].[Pb+2]. The van der Waals surface area contributed by atoms with Crippen LogP contribution in [0.5, 0.6) is 0 Å². The summed E-state index contributed by atoms with van der Waals surface area (Å²) in [6.45, 7) is 0. The van der Waals surface area contributed by atoms with E-state index in [1.54, 1.807) is 0 Å². The molecule has 0 heterocycles. The number of hydrogen-bond donors (Lipinski definition) is 0. The maximum absolute atomic E-state index is 8.25. The first kappa shape index (κ1) is 24.1. The van der Waals surface area contributed by atoms with Crippen LogP contribution in [0, 0.1) is 0 Å². The van der Waals surface area contributed by atoms with Gasteiger partial charge in [-0.3, -0.25) is 0 Å². The summed E-state index contributed by atoms with van der Waals surface area (Å²) in [4.78, 5) is 0. The average Bonchev–Trinajstić information content (AvgIpc) is 1.39. The first-order valence-corrected chi connectivity index (χ1v) is 0.943. The molecule has 2 N–H and O–H groups in total. The molecule has 0 unspecified atom stereocenters. The summed E-state index contributed by atoms with van der Waals surface area (Å²) in [6.07, 6.45) is 0. The fourth-order valence-corrected chi connectivity index (χ4v) is 0. The molecule has 0 amide bonds. The van der Waals surface area contributed by atoms with Gasteiger partial charge in [0.05, 0.1) is 0 Å². The second kappa shape index (κ2) is 56.9. The number of rotatable bonds is 0. The van der Waals surface area contributed by atoms with Gasteiger partial charge in [-0.25, -0.2) is 0 Å². The predicted molar refractivity (Wildman–Crippen MR) is 22.2 cm³/mol. The molecule has 2 radical (unpaired) electrons. The standard InChI is InChI=1S/2BO2.H2O.Pb/c2*2-1-3;;/h;;1H2;/q2*-1;;+2. The number of hydrogen-bond acceptors (Lipinski definition) is 4. The van der Waals surface area contributed by atoms with Crippen molar-refractivity contribution in [1.29, 1.82) is 0 Å². The molecule has 0 saturated carbocycles. The van der Waals surface area contributed by atoms with Crippen LogP contribution < -0.4 is 10.0 Å². The normalized spacial score (nSPS) is 2.00. The largest absolute Gasteiger partial charge is 2.00 e. The fourth-order valence-electron chi connectivity index (χ4n) is 0. The van der Waals surface area contributed by atoms with E-state index in [2.05, 4.69) is 0 Å². The molecule has 0 bridgehead atoms. The van der Waals surface area contributed by atoms with Crippen molar-refractivity contribution in [3.8, 4) is 0 Å². The summed E-state index contributed by atoms with van der Waals surface area (Å²) in [6, 6.07) is 0. The minimum Gasteiger partial charge on any atom is 2.00 e. The Balaban J connectivity index is -0.0000000160. The molecule has 0 saturated heterocycles. The molecule has 8 heteroatoms. The van der Waals surface area contributed by atoms with E-state index < -0.39 is 14.7 Å². The van der Waals surface area contributed by atoms with Crippen molar-refractivity contribution in [3.05, 3.63) is 0 Å². The maximum atomic E-state index is 8.25. The molecule has 0 aliphatic carbocycles. The first-order valence-electron chi connectivity index (χ1n) is 0.943. The van der Waals surface area contributed by atoms with Crippen LogP contribution in [0.1, 0.15) is 0 Å². The van der Waals surface area contributed by atoms with E-state index in [9.17, 15) is 0 Å². The molecule has 0 aliphatic rings. The molecule has 42 valence electrons. The van der Waals surface area contributed by atoms with Crippen LogP contribution in [0.15, 0.2) is 0 Å². The second-order valence-corrected chi connectivity index (χ2v) is 0.192. The molecule has 0 rings (SSSR count). The van der Waals surface area contributed by atoms with Crippen LogP contribution >= 0.6 is 0 Å². The molecule has 0 aromatic heterocycles. The van der Waals surface area contributed by atoms with Gasteiger partial charge in [-0.2, -0.15) is 0 Å². The Hall–Kier alpha value is 0.212. The smallest absolute Gasteiger partial charge is 2.00 e. The van der Waals surface area contributed by atoms with E-state index in [0.717, 1.165) is 0 Å². The van der Waals surface area contributed by atoms with Gasteiger partial charge in [0.2, 0.25) is 0 Å². The van der Waals surface area contributed by atoms with Gasteiger partial charge >= 0.3 is 61.5 Å². The Morgan fingerprint density at radius 3 is 1.00 bits per heavy atom. The minimum absolute atomic E-state index is 0. The van der Waals surface area contributed by atoms with Gasteiger partial charge in [0.1, 0.15) is 0 Å². The Morgan fingerprint density at radius 1 is 1.00 bits per heavy atom. The third-order valence-electron chi connectivity index (χ3n) is 0. The minimum atomic E-state index is -0.500. The molecular weight excluding hydrogens is 309 g/mol. The van der Waals surface area contributed by atoms with Gasteiger partial charge in [0, 0.05) is 0 Å². The topological polar surface area (TPSA) is 112 Å². The summed E-state index contributed by atoms with van der Waals surface area (Å²) in [5.74, 6) is 0. The van der Waals surface area contributed by atoms with Crippen molar-refractivity contribution in [3.63, 3.8) is 0 Å². The zero-order chi connectivity index (χ0) is 5.41. The molecule has 0 spiro atoms. The monoisotopic (exact) mass is 312 g/mol. The van der Waals surface area contributed by atoms with Crippen LogP contribution in [-0.4, -0.2) is 47.5 Å². The molecular formula is H2B2O5Pb. The van der Waals surface area contributed by atoms with Crippen molar-refractivity contribution in [2.75, 3.05) is 0 Å². The quantitative estimate of drug-likeness (QED) is 0.419. The molecule has 0 aromatic carbocycles. The van der Waals surface area contributed by atoms with E-state index in [1.807, 2.05) is 0 Å². The average molecular weight is 311 g/mol. The van der Waals surface area contributed by atoms with Crippen molar-refractivity contribution >= 4 is 42.0 Å². The fraction of sp³-hybridized carbons (Fsp3) is 0. The van der Waals surface area contributed by atoms with Crippen LogP contribution in [0.2, 0.25) is 0 Å². The summed E-state index contributed by atoms with van der Waals surface area (Å²) < 4.78 is 16.5. The van der Waals surface area contributed by atoms with Crippen molar-refractivity contribution in [2.45, 2.75) is 0 Å². The van der Waals surface area contributed by atoms with E-state index in [0.29, 0.717) is 0 Å². The summed E-state index contributed by atoms with van der Waals surface area (Å²) in [5, 5.41) is 16.5. The van der Waals surface area contributed by atoms with Crippen LogP contribution in [-0.2, 0) is 9.41 Å². The van der Waals surface area contributed by atoms with Gasteiger partial charge in [-0.1, -0.05) is 0 Å². The Bertz CT molecular complexity index is 31.4. The van der Waals surface area contributed by atoms with Gasteiger partial charge in [-0.05, 0) is 0 Å². The van der Waals surface area contributed by atoms with E-state index >= 15 is 0 Å². The van der Waals surface area contributed by atoms with Crippen LogP contribution in [0.3, 0.4) is 0 Å². The van der Waals surface area contributed by atoms with Crippen LogP contribution in [0.4, 0.5) is 0 Å². The molecule has 5 nitrogen and oxygen atoms in total. The maximum Gasteiger partial charge on any atom is 2.00 e. The molecule has 0 atom stereocenters. The summed E-state index contributed by atoms with van der Waals surface area (Å²) >= 11 is 0. The Labute approximate surface area is 67.1 Å². The van der Waals surface area contributed by atoms with E-state index in [4.69, 9.17) is 19.5 Å². The molecule has 0 fully saturated rings. The third-order valence-corrected chi connectivity index (χ3v) is 0. The van der Waals surface area contributed by atoms with Gasteiger partial charge < -0.3 is 5.48 Å². The zero-order valence-electron chi connectivity index (χ0n) is 3.79.